The molecule has 1 aromatic carbocycles. The highest BCUT2D eigenvalue weighted by Crippen LogP contribution is 2.24. The molecular formula is C12H9ClN4O2S. The van der Waals surface area contributed by atoms with Crippen molar-refractivity contribution in [1.82, 2.24) is 4.98 Å². The van der Waals surface area contributed by atoms with Gasteiger partial charge in [-0.05, 0) is 30.3 Å². The van der Waals surface area contributed by atoms with Gasteiger partial charge in [-0.2, -0.15) is 5.26 Å². The lowest BCUT2D eigenvalue weighted by Crippen LogP contribution is -2.14. The van der Waals surface area contributed by atoms with Crippen molar-refractivity contribution in [3.05, 3.63) is 47.1 Å². The van der Waals surface area contributed by atoms with Crippen LogP contribution < -0.4 is 10.5 Å². The maximum Gasteiger partial charge on any atom is 0.264 e. The van der Waals surface area contributed by atoms with E-state index < -0.39 is 10.0 Å². The Balaban J connectivity index is 2.40. The Hall–Kier alpha value is -2.30. The predicted molar refractivity (Wildman–Crippen MR) is 75.6 cm³/mol. The van der Waals surface area contributed by atoms with E-state index in [2.05, 4.69) is 9.71 Å². The Morgan fingerprint density at radius 2 is 2.05 bits per heavy atom. The fourth-order valence-electron chi connectivity index (χ4n) is 1.44. The first-order chi connectivity index (χ1) is 9.42. The topological polar surface area (TPSA) is 109 Å². The van der Waals surface area contributed by atoms with Gasteiger partial charge in [-0.25, -0.2) is 13.4 Å². The molecule has 0 bridgehead atoms. The SMILES string of the molecule is N#Cc1ccc(Cl)c(S(=O)(=O)Nc2ccc(N)cn2)c1. The Kier molecular flexibility index (Phi) is 3.79. The predicted octanol–water partition coefficient (Wildman–Crippen LogP) is 1.99. The fourth-order valence-corrected chi connectivity index (χ4v) is 2.97. The van der Waals surface area contributed by atoms with E-state index in [-0.39, 0.29) is 21.3 Å². The van der Waals surface area contributed by atoms with Crippen LogP contribution in [0.25, 0.3) is 0 Å². The molecule has 102 valence electrons. The van der Waals surface area contributed by atoms with Crippen LogP contribution in [-0.4, -0.2) is 13.4 Å². The van der Waals surface area contributed by atoms with Crippen LogP contribution in [0.3, 0.4) is 0 Å². The van der Waals surface area contributed by atoms with Crippen LogP contribution in [0.1, 0.15) is 5.56 Å². The highest BCUT2D eigenvalue weighted by atomic mass is 35.5. The molecule has 0 aliphatic carbocycles. The zero-order valence-electron chi connectivity index (χ0n) is 10.0. The van der Waals surface area contributed by atoms with Crippen molar-refractivity contribution in [2.45, 2.75) is 4.90 Å². The minimum atomic E-state index is -3.93. The van der Waals surface area contributed by atoms with Gasteiger partial charge in [0.05, 0.1) is 28.5 Å². The van der Waals surface area contributed by atoms with Crippen LogP contribution in [-0.2, 0) is 10.0 Å². The molecule has 0 saturated carbocycles. The number of anilines is 2. The summed E-state index contributed by atoms with van der Waals surface area (Å²) in [7, 11) is -3.93. The first-order valence-electron chi connectivity index (χ1n) is 5.36. The summed E-state index contributed by atoms with van der Waals surface area (Å²) in [5.41, 5.74) is 6.08. The second-order valence-corrected chi connectivity index (χ2v) is 5.90. The first kappa shape index (κ1) is 14.1. The maximum absolute atomic E-state index is 12.2. The van der Waals surface area contributed by atoms with E-state index in [0.29, 0.717) is 5.69 Å². The van der Waals surface area contributed by atoms with E-state index in [1.165, 1.54) is 36.5 Å². The summed E-state index contributed by atoms with van der Waals surface area (Å²) in [6.07, 6.45) is 1.32. The van der Waals surface area contributed by atoms with Gasteiger partial charge in [0, 0.05) is 0 Å². The molecule has 0 fully saturated rings. The second kappa shape index (κ2) is 5.36. The van der Waals surface area contributed by atoms with Gasteiger partial charge in [0.2, 0.25) is 0 Å². The average molecular weight is 309 g/mol. The summed E-state index contributed by atoms with van der Waals surface area (Å²) in [4.78, 5) is 3.65. The molecule has 0 aliphatic rings. The van der Waals surface area contributed by atoms with Crippen molar-refractivity contribution in [2.75, 3.05) is 10.5 Å². The van der Waals surface area contributed by atoms with Crippen LogP contribution in [0.5, 0.6) is 0 Å². The number of hydrogen-bond acceptors (Lipinski definition) is 5. The quantitative estimate of drug-likeness (QED) is 0.901. The smallest absolute Gasteiger partial charge is 0.264 e. The third kappa shape index (κ3) is 2.99. The minimum Gasteiger partial charge on any atom is -0.397 e. The van der Waals surface area contributed by atoms with Crippen molar-refractivity contribution < 1.29 is 8.42 Å². The number of benzene rings is 1. The Morgan fingerprint density at radius 3 is 2.65 bits per heavy atom. The lowest BCUT2D eigenvalue weighted by Gasteiger charge is -2.09. The minimum absolute atomic E-state index is 0.0203. The molecular weight excluding hydrogens is 300 g/mol. The van der Waals surface area contributed by atoms with Crippen molar-refractivity contribution >= 4 is 33.1 Å². The number of sulfonamides is 1. The molecule has 2 aromatic rings. The van der Waals surface area contributed by atoms with Crippen molar-refractivity contribution in [1.29, 1.82) is 5.26 Å². The Morgan fingerprint density at radius 1 is 1.30 bits per heavy atom. The van der Waals surface area contributed by atoms with Crippen molar-refractivity contribution in [3.8, 4) is 6.07 Å². The number of nitriles is 1. The van der Waals surface area contributed by atoms with E-state index >= 15 is 0 Å². The van der Waals surface area contributed by atoms with E-state index in [0.717, 1.165) is 0 Å². The van der Waals surface area contributed by atoms with Crippen molar-refractivity contribution in [2.24, 2.45) is 0 Å². The normalized spacial score (nSPS) is 10.8. The maximum atomic E-state index is 12.2. The van der Waals surface area contributed by atoms with Crippen LogP contribution in [0.4, 0.5) is 11.5 Å². The number of pyridine rings is 1. The second-order valence-electron chi connectivity index (χ2n) is 3.84. The largest absolute Gasteiger partial charge is 0.397 e. The molecule has 0 radical (unpaired) electrons. The van der Waals surface area contributed by atoms with Crippen LogP contribution >= 0.6 is 11.6 Å². The van der Waals surface area contributed by atoms with Gasteiger partial charge < -0.3 is 5.73 Å². The number of aromatic nitrogens is 1. The van der Waals surface area contributed by atoms with Gasteiger partial charge in [-0.15, -0.1) is 0 Å². The number of nitrogen functional groups attached to an aromatic ring is 1. The lowest BCUT2D eigenvalue weighted by molar-refractivity contribution is 0.601. The number of rotatable bonds is 3. The highest BCUT2D eigenvalue weighted by molar-refractivity contribution is 7.92. The van der Waals surface area contributed by atoms with E-state index in [9.17, 15) is 8.42 Å². The average Bonchev–Trinajstić information content (AvgIpc) is 2.41. The fraction of sp³-hybridized carbons (Fsp3) is 0. The van der Waals surface area contributed by atoms with Gasteiger partial charge in [0.1, 0.15) is 10.7 Å². The summed E-state index contributed by atoms with van der Waals surface area (Å²) >= 11 is 5.86. The number of halogens is 1. The van der Waals surface area contributed by atoms with E-state index in [4.69, 9.17) is 22.6 Å². The molecule has 3 N–H and O–H groups in total. The molecule has 1 aromatic heterocycles. The molecule has 0 aliphatic heterocycles. The molecule has 20 heavy (non-hydrogen) atoms. The molecule has 1 heterocycles. The standard InChI is InChI=1S/C12H9ClN4O2S/c13-10-3-1-8(6-14)5-11(10)20(18,19)17-12-4-2-9(15)7-16-12/h1-5,7H,15H2,(H,16,17). The Labute approximate surface area is 120 Å². The van der Waals surface area contributed by atoms with Crippen LogP contribution in [0.15, 0.2) is 41.4 Å². The molecule has 0 unspecified atom stereocenters. The number of hydrogen-bond donors (Lipinski definition) is 2. The van der Waals surface area contributed by atoms with Gasteiger partial charge in [-0.1, -0.05) is 11.6 Å². The molecule has 0 saturated heterocycles. The zero-order valence-corrected chi connectivity index (χ0v) is 11.6. The van der Waals surface area contributed by atoms with Crippen LogP contribution in [0.2, 0.25) is 5.02 Å². The molecule has 0 atom stereocenters. The zero-order chi connectivity index (χ0) is 14.8. The molecule has 0 amide bonds. The van der Waals surface area contributed by atoms with Crippen LogP contribution in [0, 0.1) is 11.3 Å². The van der Waals surface area contributed by atoms with Gasteiger partial charge in [0.25, 0.3) is 10.0 Å². The number of nitrogens with zero attached hydrogens (tertiary/aromatic N) is 2. The highest BCUT2D eigenvalue weighted by Gasteiger charge is 2.19. The van der Waals surface area contributed by atoms with Gasteiger partial charge in [-0.3, -0.25) is 4.72 Å². The third-order valence-electron chi connectivity index (χ3n) is 2.38. The van der Waals surface area contributed by atoms with Crippen molar-refractivity contribution in [3.63, 3.8) is 0 Å². The number of nitrogens with two attached hydrogens (primary N) is 1. The summed E-state index contributed by atoms with van der Waals surface area (Å²) in [5, 5.41) is 8.82. The molecule has 6 nitrogen and oxygen atoms in total. The van der Waals surface area contributed by atoms with E-state index in [1.54, 1.807) is 0 Å². The third-order valence-corrected chi connectivity index (χ3v) is 4.21. The summed E-state index contributed by atoms with van der Waals surface area (Å²) in [6.45, 7) is 0. The molecule has 0 spiro atoms. The molecule has 8 heteroatoms. The first-order valence-corrected chi connectivity index (χ1v) is 7.22. The van der Waals surface area contributed by atoms with Gasteiger partial charge in [0.15, 0.2) is 0 Å². The summed E-state index contributed by atoms with van der Waals surface area (Å²) in [6, 6.07) is 8.77. The number of nitrogens with one attached hydrogen (secondary N) is 1. The summed E-state index contributed by atoms with van der Waals surface area (Å²) in [5.74, 6) is 0.109. The lowest BCUT2D eigenvalue weighted by atomic mass is 10.2. The van der Waals surface area contributed by atoms with Gasteiger partial charge >= 0.3 is 0 Å². The monoisotopic (exact) mass is 308 g/mol. The summed E-state index contributed by atoms with van der Waals surface area (Å²) < 4.78 is 26.7. The molecule has 2 rings (SSSR count). The Bertz CT molecular complexity index is 782. The van der Waals surface area contributed by atoms with E-state index in [1.807, 2.05) is 6.07 Å².